The molecule has 4 nitrogen and oxygen atoms in total. The second-order valence-electron chi connectivity index (χ2n) is 6.22. The summed E-state index contributed by atoms with van der Waals surface area (Å²) < 4.78 is 5.69. The lowest BCUT2D eigenvalue weighted by molar-refractivity contribution is -0.134. The van der Waals surface area contributed by atoms with Gasteiger partial charge in [0.2, 0.25) is 5.91 Å². The molecule has 1 amide bonds. The van der Waals surface area contributed by atoms with E-state index in [-0.39, 0.29) is 11.8 Å². The zero-order chi connectivity index (χ0) is 15.6. The summed E-state index contributed by atoms with van der Waals surface area (Å²) in [6.07, 6.45) is 4.81. The number of fused-ring (bicyclic) bond motifs is 1. The van der Waals surface area contributed by atoms with E-state index in [1.807, 2.05) is 40.7 Å². The van der Waals surface area contributed by atoms with Gasteiger partial charge in [-0.25, -0.2) is 4.98 Å². The largest absolute Gasteiger partial charge is 0.493 e. The average Bonchev–Trinajstić information content (AvgIpc) is 3.15. The van der Waals surface area contributed by atoms with Crippen LogP contribution in [-0.2, 0) is 4.79 Å². The first-order chi connectivity index (χ1) is 11.3. The Kier molecular flexibility index (Phi) is 4.04. The summed E-state index contributed by atoms with van der Waals surface area (Å²) in [6, 6.07) is 7.94. The van der Waals surface area contributed by atoms with Gasteiger partial charge in [-0.05, 0) is 25.3 Å². The number of nitrogens with zero attached hydrogens (tertiary/aromatic N) is 2. The number of ether oxygens (including phenoxy) is 1. The second-order valence-corrected chi connectivity index (χ2v) is 7.15. The summed E-state index contributed by atoms with van der Waals surface area (Å²) >= 11 is 1.70. The van der Waals surface area contributed by atoms with Crippen LogP contribution in [0.1, 0.15) is 41.7 Å². The molecular weight excluding hydrogens is 308 g/mol. The predicted molar refractivity (Wildman–Crippen MR) is 90.0 cm³/mol. The smallest absolute Gasteiger partial charge is 0.230 e. The Balaban J connectivity index is 1.53. The summed E-state index contributed by atoms with van der Waals surface area (Å²) in [5.41, 5.74) is 1.04. The molecule has 1 saturated heterocycles. The van der Waals surface area contributed by atoms with Crippen LogP contribution >= 0.6 is 11.3 Å². The Morgan fingerprint density at radius 2 is 2.22 bits per heavy atom. The minimum atomic E-state index is -0.0602. The number of likely N-dealkylation sites (tertiary alicyclic amines) is 1. The van der Waals surface area contributed by atoms with Crippen LogP contribution in [0.2, 0.25) is 0 Å². The maximum Gasteiger partial charge on any atom is 0.230 e. The van der Waals surface area contributed by atoms with E-state index in [0.717, 1.165) is 48.7 Å². The first-order valence-corrected chi connectivity index (χ1v) is 9.11. The monoisotopic (exact) mass is 328 g/mol. The summed E-state index contributed by atoms with van der Waals surface area (Å²) in [7, 11) is 0. The molecule has 4 rings (SSSR count). The number of hydrogen-bond acceptors (Lipinski definition) is 4. The first kappa shape index (κ1) is 14.7. The summed E-state index contributed by atoms with van der Waals surface area (Å²) in [5.74, 6) is 1.45. The molecule has 0 N–H and O–H groups in total. The molecule has 1 fully saturated rings. The van der Waals surface area contributed by atoms with E-state index in [0.29, 0.717) is 12.5 Å². The van der Waals surface area contributed by atoms with Crippen LogP contribution in [0, 0.1) is 0 Å². The van der Waals surface area contributed by atoms with Crippen molar-refractivity contribution in [1.29, 1.82) is 0 Å². The minimum Gasteiger partial charge on any atom is -0.493 e. The number of carbonyl (C=O) groups excluding carboxylic acids is 1. The van der Waals surface area contributed by atoms with Crippen LogP contribution < -0.4 is 4.74 Å². The van der Waals surface area contributed by atoms with Crippen molar-refractivity contribution in [2.75, 3.05) is 19.7 Å². The van der Waals surface area contributed by atoms with Crippen LogP contribution in [0.15, 0.2) is 35.8 Å². The van der Waals surface area contributed by atoms with Crippen molar-refractivity contribution in [2.45, 2.75) is 31.1 Å². The van der Waals surface area contributed by atoms with E-state index in [1.165, 1.54) is 0 Å². The molecule has 5 heteroatoms. The van der Waals surface area contributed by atoms with E-state index in [2.05, 4.69) is 4.98 Å². The molecule has 2 unspecified atom stereocenters. The maximum absolute atomic E-state index is 13.1. The number of rotatable bonds is 2. The number of amides is 1. The number of aromatic nitrogens is 1. The SMILES string of the molecule is O=C(C1CCOc2ccccc21)N1CCCC(c2nccs2)C1. The maximum atomic E-state index is 13.1. The van der Waals surface area contributed by atoms with E-state index in [9.17, 15) is 4.79 Å². The van der Waals surface area contributed by atoms with Crippen molar-refractivity contribution in [1.82, 2.24) is 9.88 Å². The van der Waals surface area contributed by atoms with Gasteiger partial charge in [0.15, 0.2) is 0 Å². The van der Waals surface area contributed by atoms with Gasteiger partial charge in [-0.15, -0.1) is 11.3 Å². The summed E-state index contributed by atoms with van der Waals surface area (Å²) in [5, 5.41) is 3.18. The third kappa shape index (κ3) is 2.85. The molecule has 2 aliphatic heterocycles. The van der Waals surface area contributed by atoms with Crippen LogP contribution in [0.3, 0.4) is 0 Å². The van der Waals surface area contributed by atoms with Gasteiger partial charge in [0.25, 0.3) is 0 Å². The Labute approximate surface area is 140 Å². The van der Waals surface area contributed by atoms with Gasteiger partial charge >= 0.3 is 0 Å². The first-order valence-electron chi connectivity index (χ1n) is 8.23. The Morgan fingerprint density at radius 1 is 1.30 bits per heavy atom. The normalized spacial score (nSPS) is 23.9. The molecule has 0 aliphatic carbocycles. The van der Waals surface area contributed by atoms with Crippen molar-refractivity contribution >= 4 is 17.2 Å². The third-order valence-electron chi connectivity index (χ3n) is 4.79. The van der Waals surface area contributed by atoms with Gasteiger partial charge < -0.3 is 9.64 Å². The van der Waals surface area contributed by atoms with Gasteiger partial charge in [-0.1, -0.05) is 18.2 Å². The predicted octanol–water partition coefficient (Wildman–Crippen LogP) is 3.42. The minimum absolute atomic E-state index is 0.0602. The number of benzene rings is 1. The Hall–Kier alpha value is -1.88. The third-order valence-corrected chi connectivity index (χ3v) is 5.73. The molecule has 1 aromatic heterocycles. The van der Waals surface area contributed by atoms with Crippen molar-refractivity contribution in [2.24, 2.45) is 0 Å². The van der Waals surface area contributed by atoms with Crippen LogP contribution in [0.25, 0.3) is 0 Å². The highest BCUT2D eigenvalue weighted by Gasteiger charge is 2.33. The lowest BCUT2D eigenvalue weighted by Gasteiger charge is -2.35. The molecule has 2 aliphatic rings. The molecule has 0 radical (unpaired) electrons. The molecule has 120 valence electrons. The van der Waals surface area contributed by atoms with Crippen molar-refractivity contribution < 1.29 is 9.53 Å². The molecule has 23 heavy (non-hydrogen) atoms. The van der Waals surface area contributed by atoms with Crippen molar-refractivity contribution in [3.63, 3.8) is 0 Å². The van der Waals surface area contributed by atoms with E-state index >= 15 is 0 Å². The number of para-hydroxylation sites is 1. The lowest BCUT2D eigenvalue weighted by Crippen LogP contribution is -2.42. The van der Waals surface area contributed by atoms with Gasteiger partial charge in [-0.2, -0.15) is 0 Å². The van der Waals surface area contributed by atoms with Crippen LogP contribution in [-0.4, -0.2) is 35.5 Å². The van der Waals surface area contributed by atoms with E-state index in [4.69, 9.17) is 4.74 Å². The van der Waals surface area contributed by atoms with Crippen molar-refractivity contribution in [3.8, 4) is 5.75 Å². The molecule has 0 spiro atoms. The van der Waals surface area contributed by atoms with Gasteiger partial charge in [0.1, 0.15) is 5.75 Å². The zero-order valence-corrected chi connectivity index (χ0v) is 13.8. The highest BCUT2D eigenvalue weighted by molar-refractivity contribution is 7.09. The average molecular weight is 328 g/mol. The Morgan fingerprint density at radius 3 is 3.09 bits per heavy atom. The quantitative estimate of drug-likeness (QED) is 0.848. The molecule has 3 heterocycles. The highest BCUT2D eigenvalue weighted by atomic mass is 32.1. The zero-order valence-electron chi connectivity index (χ0n) is 13.0. The lowest BCUT2D eigenvalue weighted by atomic mass is 9.90. The fourth-order valence-corrected chi connectivity index (χ4v) is 4.40. The topological polar surface area (TPSA) is 42.4 Å². The number of carbonyl (C=O) groups is 1. The molecule has 0 bridgehead atoms. The molecule has 2 atom stereocenters. The van der Waals surface area contributed by atoms with E-state index in [1.54, 1.807) is 11.3 Å². The van der Waals surface area contributed by atoms with Crippen molar-refractivity contribution in [3.05, 3.63) is 46.4 Å². The Bertz CT molecular complexity index is 686. The number of piperidine rings is 1. The molecule has 0 saturated carbocycles. The van der Waals surface area contributed by atoms with E-state index < -0.39 is 0 Å². The number of hydrogen-bond donors (Lipinski definition) is 0. The summed E-state index contributed by atoms with van der Waals surface area (Å²) in [4.78, 5) is 19.6. The summed E-state index contributed by atoms with van der Waals surface area (Å²) in [6.45, 7) is 2.28. The molecular formula is C18H20N2O2S. The fourth-order valence-electron chi connectivity index (χ4n) is 3.63. The van der Waals surface area contributed by atoms with Gasteiger partial charge in [0.05, 0.1) is 17.5 Å². The highest BCUT2D eigenvalue weighted by Crippen LogP contribution is 2.36. The number of thiazole rings is 1. The van der Waals surface area contributed by atoms with Gasteiger partial charge in [0, 0.05) is 36.1 Å². The van der Waals surface area contributed by atoms with Crippen LogP contribution in [0.4, 0.5) is 0 Å². The second kappa shape index (κ2) is 6.32. The standard InChI is InChI=1S/C18H20N2O2S/c21-18(15-7-10-22-16-6-2-1-5-14(15)16)20-9-3-4-13(12-20)17-19-8-11-23-17/h1-2,5-6,8,11,13,15H,3-4,7,9-10,12H2. The fraction of sp³-hybridized carbons (Fsp3) is 0.444. The molecule has 1 aromatic carbocycles. The van der Waals surface area contributed by atoms with Crippen LogP contribution in [0.5, 0.6) is 5.75 Å². The van der Waals surface area contributed by atoms with Gasteiger partial charge in [-0.3, -0.25) is 4.79 Å². The molecule has 2 aromatic rings.